The average Bonchev–Trinajstić information content (AvgIpc) is 3.17. The van der Waals surface area contributed by atoms with Crippen LogP contribution in [0.5, 0.6) is 0 Å². The number of nitrogens with one attached hydrogen (secondary N) is 1. The zero-order chi connectivity index (χ0) is 20.1. The molecular formula is C22H24BrN3O2. The molecular weight excluding hydrogens is 418 g/mol. The van der Waals surface area contributed by atoms with Crippen LogP contribution in [0.4, 0.5) is 10.7 Å². The molecule has 6 heteroatoms. The lowest BCUT2D eigenvalue weighted by Gasteiger charge is -2.18. The molecule has 0 atom stereocenters. The minimum absolute atomic E-state index is 0.291. The highest BCUT2D eigenvalue weighted by Gasteiger charge is 2.19. The van der Waals surface area contributed by atoms with Crippen LogP contribution in [0.3, 0.4) is 0 Å². The molecule has 28 heavy (non-hydrogen) atoms. The van der Waals surface area contributed by atoms with Crippen molar-refractivity contribution in [1.82, 2.24) is 9.97 Å². The smallest absolute Gasteiger partial charge is 0.416 e. The average molecular weight is 442 g/mol. The lowest BCUT2D eigenvalue weighted by molar-refractivity contribution is 0.140. The first-order valence-electron chi connectivity index (χ1n) is 9.34. The van der Waals surface area contributed by atoms with Gasteiger partial charge in [-0.25, -0.2) is 14.7 Å². The van der Waals surface area contributed by atoms with E-state index in [0.29, 0.717) is 25.0 Å². The molecule has 0 saturated carbocycles. The first-order valence-corrected chi connectivity index (χ1v) is 10.1. The number of anilines is 1. The van der Waals surface area contributed by atoms with Gasteiger partial charge >= 0.3 is 6.09 Å². The minimum atomic E-state index is -0.386. The summed E-state index contributed by atoms with van der Waals surface area (Å²) in [5.74, 6) is 0.780. The number of H-pyrrole nitrogens is 1. The fourth-order valence-corrected chi connectivity index (χ4v) is 3.02. The van der Waals surface area contributed by atoms with Crippen LogP contribution in [0, 0.1) is 5.92 Å². The van der Waals surface area contributed by atoms with Crippen LogP contribution in [0.1, 0.15) is 20.8 Å². The second-order valence-electron chi connectivity index (χ2n) is 6.91. The summed E-state index contributed by atoms with van der Waals surface area (Å²) < 4.78 is 6.38. The number of benzene rings is 2. The maximum absolute atomic E-state index is 12.3. The largest absolute Gasteiger partial charge is 0.449 e. The van der Waals surface area contributed by atoms with Crippen molar-refractivity contribution in [1.29, 1.82) is 0 Å². The molecule has 0 aliphatic rings. The van der Waals surface area contributed by atoms with E-state index < -0.39 is 0 Å². The molecule has 0 fully saturated rings. The second-order valence-corrected chi connectivity index (χ2v) is 7.82. The van der Waals surface area contributed by atoms with E-state index >= 15 is 0 Å². The Labute approximate surface area is 173 Å². The van der Waals surface area contributed by atoms with Gasteiger partial charge in [-0.15, -0.1) is 0 Å². The lowest BCUT2D eigenvalue weighted by atomic mass is 10.0. The maximum atomic E-state index is 12.3. The monoisotopic (exact) mass is 441 g/mol. The van der Waals surface area contributed by atoms with E-state index in [1.165, 1.54) is 4.90 Å². The highest BCUT2D eigenvalue weighted by Crippen LogP contribution is 2.26. The number of hydrogen-bond donors (Lipinski definition) is 1. The standard InChI is InChI=1S/C22H24BrN3O2/c1-4-26(22(27)28-14-15(2)3)21-24-13-20(25-21)18-7-5-16(6-8-18)17-9-11-19(23)12-10-17/h5-13,15H,4,14H2,1-3H3,(H,24,25). The maximum Gasteiger partial charge on any atom is 0.416 e. The molecule has 0 radical (unpaired) electrons. The van der Waals surface area contributed by atoms with E-state index in [1.807, 2.05) is 51.2 Å². The normalized spacial score (nSPS) is 10.9. The van der Waals surface area contributed by atoms with Gasteiger partial charge < -0.3 is 9.72 Å². The van der Waals surface area contributed by atoms with Crippen molar-refractivity contribution in [3.05, 3.63) is 59.2 Å². The molecule has 3 aromatic rings. The number of imidazole rings is 1. The Balaban J connectivity index is 1.75. The van der Waals surface area contributed by atoms with Crippen molar-refractivity contribution in [3.8, 4) is 22.4 Å². The molecule has 0 aliphatic carbocycles. The predicted molar refractivity (Wildman–Crippen MR) is 116 cm³/mol. The van der Waals surface area contributed by atoms with E-state index in [4.69, 9.17) is 4.74 Å². The van der Waals surface area contributed by atoms with Crippen LogP contribution >= 0.6 is 15.9 Å². The Morgan fingerprint density at radius 1 is 1.07 bits per heavy atom. The fourth-order valence-electron chi connectivity index (χ4n) is 2.75. The van der Waals surface area contributed by atoms with E-state index in [1.54, 1.807) is 0 Å². The Morgan fingerprint density at radius 2 is 1.64 bits per heavy atom. The third-order valence-corrected chi connectivity index (χ3v) is 4.78. The van der Waals surface area contributed by atoms with Crippen LogP contribution in [-0.2, 0) is 4.74 Å². The SMILES string of the molecule is CCN(C(=O)OCC(C)C)c1nc(-c2ccc(-c3ccc(Br)cc3)cc2)c[nH]1. The Morgan fingerprint density at radius 3 is 2.21 bits per heavy atom. The molecule has 1 amide bonds. The zero-order valence-electron chi connectivity index (χ0n) is 16.3. The fraction of sp³-hybridized carbons (Fsp3) is 0.273. The van der Waals surface area contributed by atoms with Gasteiger partial charge in [0.25, 0.3) is 0 Å². The van der Waals surface area contributed by atoms with Gasteiger partial charge in [0.05, 0.1) is 12.3 Å². The molecule has 2 aromatic carbocycles. The highest BCUT2D eigenvalue weighted by molar-refractivity contribution is 9.10. The number of carbonyl (C=O) groups excluding carboxylic acids is 1. The topological polar surface area (TPSA) is 58.2 Å². The van der Waals surface area contributed by atoms with Gasteiger partial charge in [0.15, 0.2) is 0 Å². The summed E-state index contributed by atoms with van der Waals surface area (Å²) >= 11 is 3.46. The van der Waals surface area contributed by atoms with Crippen LogP contribution in [0.2, 0.25) is 0 Å². The number of rotatable bonds is 6. The van der Waals surface area contributed by atoms with Crippen molar-refractivity contribution >= 4 is 28.0 Å². The molecule has 3 rings (SSSR count). The summed E-state index contributed by atoms with van der Waals surface area (Å²) in [6.45, 7) is 6.78. The first kappa shape index (κ1) is 20.1. The second kappa shape index (κ2) is 9.06. The van der Waals surface area contributed by atoms with Crippen molar-refractivity contribution in [2.45, 2.75) is 20.8 Å². The number of ether oxygens (including phenoxy) is 1. The highest BCUT2D eigenvalue weighted by atomic mass is 79.9. The predicted octanol–water partition coefficient (Wildman–Crippen LogP) is 6.13. The summed E-state index contributed by atoms with van der Waals surface area (Å²) in [6, 6.07) is 16.4. The van der Waals surface area contributed by atoms with Crippen molar-refractivity contribution < 1.29 is 9.53 Å². The first-order chi connectivity index (χ1) is 13.5. The van der Waals surface area contributed by atoms with Crippen molar-refractivity contribution in [2.24, 2.45) is 5.92 Å². The Kier molecular flexibility index (Phi) is 6.52. The molecule has 0 spiro atoms. The third kappa shape index (κ3) is 4.81. The van der Waals surface area contributed by atoms with Gasteiger partial charge in [0, 0.05) is 22.8 Å². The summed E-state index contributed by atoms with van der Waals surface area (Å²) in [4.78, 5) is 21.5. The zero-order valence-corrected chi connectivity index (χ0v) is 17.9. The minimum Gasteiger partial charge on any atom is -0.449 e. The molecule has 0 saturated heterocycles. The van der Waals surface area contributed by atoms with Gasteiger partial charge in [-0.3, -0.25) is 0 Å². The van der Waals surface area contributed by atoms with Crippen LogP contribution in [0.25, 0.3) is 22.4 Å². The molecule has 0 bridgehead atoms. The number of nitrogens with zero attached hydrogens (tertiary/aromatic N) is 2. The molecule has 0 unspecified atom stereocenters. The van der Waals surface area contributed by atoms with Crippen molar-refractivity contribution in [2.75, 3.05) is 18.1 Å². The quantitative estimate of drug-likeness (QED) is 0.500. The van der Waals surface area contributed by atoms with Gasteiger partial charge in [-0.2, -0.15) is 0 Å². The van der Waals surface area contributed by atoms with E-state index in [0.717, 1.165) is 26.9 Å². The van der Waals surface area contributed by atoms with Gasteiger partial charge in [0.2, 0.25) is 5.95 Å². The van der Waals surface area contributed by atoms with Gasteiger partial charge in [-0.1, -0.05) is 66.2 Å². The van der Waals surface area contributed by atoms with Gasteiger partial charge in [-0.05, 0) is 36.1 Å². The Bertz CT molecular complexity index is 918. The number of halogens is 1. The van der Waals surface area contributed by atoms with Crippen molar-refractivity contribution in [3.63, 3.8) is 0 Å². The van der Waals surface area contributed by atoms with E-state index in [-0.39, 0.29) is 6.09 Å². The van der Waals surface area contributed by atoms with Gasteiger partial charge in [0.1, 0.15) is 0 Å². The van der Waals surface area contributed by atoms with Crippen LogP contribution in [0.15, 0.2) is 59.2 Å². The molecule has 0 aliphatic heterocycles. The molecule has 146 valence electrons. The number of carbonyl (C=O) groups is 1. The van der Waals surface area contributed by atoms with Crippen LogP contribution < -0.4 is 4.90 Å². The summed E-state index contributed by atoms with van der Waals surface area (Å²) in [7, 11) is 0. The summed E-state index contributed by atoms with van der Waals surface area (Å²) in [5, 5.41) is 0. The van der Waals surface area contributed by atoms with E-state index in [9.17, 15) is 4.79 Å². The number of aromatic amines is 1. The molecule has 1 N–H and O–H groups in total. The van der Waals surface area contributed by atoms with E-state index in [2.05, 4.69) is 50.2 Å². The van der Waals surface area contributed by atoms with Crippen LogP contribution in [-0.4, -0.2) is 29.2 Å². The molecule has 1 aromatic heterocycles. The summed E-state index contributed by atoms with van der Waals surface area (Å²) in [6.07, 6.45) is 1.42. The third-order valence-electron chi connectivity index (χ3n) is 4.25. The lowest BCUT2D eigenvalue weighted by Crippen LogP contribution is -2.33. The summed E-state index contributed by atoms with van der Waals surface area (Å²) in [5.41, 5.74) is 4.06. The molecule has 5 nitrogen and oxygen atoms in total. The molecule has 1 heterocycles. The number of hydrogen-bond acceptors (Lipinski definition) is 3. The number of aromatic nitrogens is 2. The Hall–Kier alpha value is -2.60. The number of amides is 1.